The second kappa shape index (κ2) is 7.89. The van der Waals surface area contributed by atoms with E-state index in [1.165, 1.54) is 56.9 Å². The molecule has 0 aromatic carbocycles. The van der Waals surface area contributed by atoms with Gasteiger partial charge < -0.3 is 9.47 Å². The van der Waals surface area contributed by atoms with E-state index in [1.54, 1.807) is 0 Å². The molecule has 7 unspecified atom stereocenters. The zero-order valence-electron chi connectivity index (χ0n) is 17.5. The van der Waals surface area contributed by atoms with E-state index in [1.807, 2.05) is 20.1 Å². The molecule has 0 N–H and O–H groups in total. The van der Waals surface area contributed by atoms with Gasteiger partial charge >= 0.3 is 5.97 Å². The van der Waals surface area contributed by atoms with E-state index in [0.29, 0.717) is 6.61 Å². The molecule has 4 aliphatic rings. The minimum Gasteiger partial charge on any atom is -0.463 e. The second-order valence-electron chi connectivity index (χ2n) is 9.99. The van der Waals surface area contributed by atoms with Crippen molar-refractivity contribution in [3.05, 3.63) is 11.6 Å². The van der Waals surface area contributed by atoms with Crippen LogP contribution in [0.5, 0.6) is 0 Å². The molecule has 0 amide bonds. The quantitative estimate of drug-likeness (QED) is 0.489. The van der Waals surface area contributed by atoms with E-state index in [2.05, 4.69) is 6.92 Å². The van der Waals surface area contributed by atoms with Gasteiger partial charge in [-0.25, -0.2) is 4.79 Å². The smallest absolute Gasteiger partial charge is 0.330 e. The van der Waals surface area contributed by atoms with Gasteiger partial charge in [0.2, 0.25) is 0 Å². The summed E-state index contributed by atoms with van der Waals surface area (Å²) in [6.45, 7) is 5.77. The number of rotatable bonds is 4. The number of hydrogen-bond donors (Lipinski definition) is 0. The lowest BCUT2D eigenvalue weighted by Crippen LogP contribution is -2.47. The molecular weight excluding hydrogens is 336 g/mol. The third kappa shape index (κ3) is 3.50. The first-order chi connectivity index (χ1) is 13.1. The standard InChI is InChI=1S/C24H38O3/c1-4-27-23(25)14-18-7-10-22-21-9-6-17-13-16(15-26-3)5-8-19(17)20(21)11-12-24(18,22)2/h14,16-17,19-22H,4-13,15H2,1-3H3/b18-14+. The van der Waals surface area contributed by atoms with Gasteiger partial charge in [-0.05, 0) is 106 Å². The molecule has 3 nitrogen and oxygen atoms in total. The predicted molar refractivity (Wildman–Crippen MR) is 107 cm³/mol. The van der Waals surface area contributed by atoms with E-state index in [-0.39, 0.29) is 11.4 Å². The summed E-state index contributed by atoms with van der Waals surface area (Å²) in [4.78, 5) is 12.1. The first-order valence-corrected chi connectivity index (χ1v) is 11.4. The van der Waals surface area contributed by atoms with Gasteiger partial charge in [-0.15, -0.1) is 0 Å². The largest absolute Gasteiger partial charge is 0.463 e. The Balaban J connectivity index is 1.47. The van der Waals surface area contributed by atoms with E-state index in [4.69, 9.17) is 9.47 Å². The number of methoxy groups -OCH3 is 1. The number of esters is 1. The van der Waals surface area contributed by atoms with Crippen LogP contribution in [-0.4, -0.2) is 26.3 Å². The minimum atomic E-state index is -0.128. The zero-order valence-corrected chi connectivity index (χ0v) is 17.5. The molecule has 4 rings (SSSR count). The van der Waals surface area contributed by atoms with E-state index in [9.17, 15) is 4.79 Å². The summed E-state index contributed by atoms with van der Waals surface area (Å²) in [5, 5.41) is 0. The highest BCUT2D eigenvalue weighted by Gasteiger charge is 2.55. The van der Waals surface area contributed by atoms with Crippen LogP contribution in [0.2, 0.25) is 0 Å². The molecule has 7 atom stereocenters. The van der Waals surface area contributed by atoms with E-state index < -0.39 is 0 Å². The molecule has 152 valence electrons. The molecule has 0 radical (unpaired) electrons. The summed E-state index contributed by atoms with van der Waals surface area (Å²) in [6.07, 6.45) is 13.9. The SMILES string of the molecule is CCOC(=O)/C=C1\CCC2C3CCC4CC(COC)CCC4C3CCC12C. The number of carbonyl (C=O) groups is 1. The third-order valence-electron chi connectivity index (χ3n) is 8.89. The van der Waals surface area contributed by atoms with Gasteiger partial charge in [0.05, 0.1) is 6.61 Å². The van der Waals surface area contributed by atoms with Crippen LogP contribution in [0.15, 0.2) is 11.6 Å². The van der Waals surface area contributed by atoms with Crippen molar-refractivity contribution < 1.29 is 14.3 Å². The molecule has 4 saturated carbocycles. The maximum Gasteiger partial charge on any atom is 0.330 e. The molecule has 27 heavy (non-hydrogen) atoms. The van der Waals surface area contributed by atoms with Crippen LogP contribution in [-0.2, 0) is 14.3 Å². The van der Waals surface area contributed by atoms with Crippen molar-refractivity contribution in [1.82, 2.24) is 0 Å². The van der Waals surface area contributed by atoms with Gasteiger partial charge in [-0.3, -0.25) is 0 Å². The highest BCUT2D eigenvalue weighted by Crippen LogP contribution is 2.64. The van der Waals surface area contributed by atoms with Gasteiger partial charge in [0, 0.05) is 19.8 Å². The number of ether oxygens (including phenoxy) is 2. The zero-order chi connectivity index (χ0) is 19.0. The van der Waals surface area contributed by atoms with Gasteiger partial charge in [0.25, 0.3) is 0 Å². The first-order valence-electron chi connectivity index (χ1n) is 11.4. The molecule has 4 fully saturated rings. The Kier molecular flexibility index (Phi) is 5.69. The van der Waals surface area contributed by atoms with Crippen molar-refractivity contribution in [3.8, 4) is 0 Å². The van der Waals surface area contributed by atoms with E-state index >= 15 is 0 Å². The lowest BCUT2D eigenvalue weighted by atomic mass is 9.50. The predicted octanol–water partition coefficient (Wildman–Crippen LogP) is 5.39. The Morgan fingerprint density at radius 2 is 1.93 bits per heavy atom. The van der Waals surface area contributed by atoms with Crippen molar-refractivity contribution in [2.75, 3.05) is 20.3 Å². The summed E-state index contributed by atoms with van der Waals surface area (Å²) >= 11 is 0. The van der Waals surface area contributed by atoms with Gasteiger partial charge in [-0.2, -0.15) is 0 Å². The van der Waals surface area contributed by atoms with E-state index in [0.717, 1.165) is 48.5 Å². The lowest BCUT2D eigenvalue weighted by Gasteiger charge is -2.55. The molecule has 0 bridgehead atoms. The summed E-state index contributed by atoms with van der Waals surface area (Å²) in [5.41, 5.74) is 1.63. The summed E-state index contributed by atoms with van der Waals surface area (Å²) in [6, 6.07) is 0. The van der Waals surface area contributed by atoms with Crippen LogP contribution < -0.4 is 0 Å². The maximum absolute atomic E-state index is 12.1. The highest BCUT2D eigenvalue weighted by molar-refractivity contribution is 5.83. The molecule has 0 spiro atoms. The molecule has 3 heteroatoms. The van der Waals surface area contributed by atoms with Crippen LogP contribution >= 0.6 is 0 Å². The molecule has 0 aromatic heterocycles. The average Bonchev–Trinajstić information content (AvgIpc) is 2.98. The fraction of sp³-hybridized carbons (Fsp3) is 0.875. The van der Waals surface area contributed by atoms with Gasteiger partial charge in [0.1, 0.15) is 0 Å². The Hall–Kier alpha value is -0.830. The highest BCUT2D eigenvalue weighted by atomic mass is 16.5. The van der Waals surface area contributed by atoms with Gasteiger partial charge in [0.15, 0.2) is 0 Å². The fourth-order valence-electron chi connectivity index (χ4n) is 7.75. The molecule has 0 saturated heterocycles. The Morgan fingerprint density at radius 3 is 2.70 bits per heavy atom. The third-order valence-corrected chi connectivity index (χ3v) is 8.89. The fourth-order valence-corrected chi connectivity index (χ4v) is 7.75. The number of hydrogen-bond acceptors (Lipinski definition) is 3. The van der Waals surface area contributed by atoms with Crippen molar-refractivity contribution in [1.29, 1.82) is 0 Å². The van der Waals surface area contributed by atoms with Crippen molar-refractivity contribution >= 4 is 5.97 Å². The normalized spacial score (nSPS) is 45.1. The van der Waals surface area contributed by atoms with Crippen LogP contribution in [0, 0.1) is 40.9 Å². The molecule has 4 aliphatic carbocycles. The van der Waals surface area contributed by atoms with Crippen LogP contribution in [0.1, 0.15) is 71.6 Å². The first kappa shape index (κ1) is 19.5. The number of allylic oxidation sites excluding steroid dienone is 1. The second-order valence-corrected chi connectivity index (χ2v) is 9.99. The van der Waals surface area contributed by atoms with Crippen LogP contribution in [0.3, 0.4) is 0 Å². The molecule has 0 heterocycles. The van der Waals surface area contributed by atoms with Crippen LogP contribution in [0.25, 0.3) is 0 Å². The van der Waals surface area contributed by atoms with Crippen molar-refractivity contribution in [2.45, 2.75) is 71.6 Å². The lowest BCUT2D eigenvalue weighted by molar-refractivity contribution is -0.137. The molecule has 0 aromatic rings. The Labute approximate surface area is 165 Å². The van der Waals surface area contributed by atoms with Gasteiger partial charge in [-0.1, -0.05) is 12.5 Å². The summed E-state index contributed by atoms with van der Waals surface area (Å²) < 4.78 is 10.7. The van der Waals surface area contributed by atoms with Crippen molar-refractivity contribution in [3.63, 3.8) is 0 Å². The minimum absolute atomic E-state index is 0.128. The molecule has 0 aliphatic heterocycles. The Morgan fingerprint density at radius 1 is 1.11 bits per heavy atom. The summed E-state index contributed by atoms with van der Waals surface area (Å²) in [7, 11) is 1.85. The topological polar surface area (TPSA) is 35.5 Å². The number of carbonyl (C=O) groups excluding carboxylic acids is 1. The molecular formula is C24H38O3. The van der Waals surface area contributed by atoms with Crippen molar-refractivity contribution in [2.24, 2.45) is 40.9 Å². The summed E-state index contributed by atoms with van der Waals surface area (Å²) in [5.74, 6) is 5.18. The number of fused-ring (bicyclic) bond motifs is 5. The Bertz CT molecular complexity index is 582. The maximum atomic E-state index is 12.1. The average molecular weight is 375 g/mol. The van der Waals surface area contributed by atoms with Crippen LogP contribution in [0.4, 0.5) is 0 Å². The monoisotopic (exact) mass is 374 g/mol.